The minimum atomic E-state index is -0.280. The smallest absolute Gasteiger partial charge is 0.165 e. The Labute approximate surface area is 616 Å². The van der Waals surface area contributed by atoms with Gasteiger partial charge in [-0.1, -0.05) is 269 Å². The van der Waals surface area contributed by atoms with Crippen molar-refractivity contribution in [1.82, 2.24) is 38.0 Å². The highest BCUT2D eigenvalue weighted by atomic mass is 16.3. The SMILES string of the molecule is CC1(C)c2ccccc2-c2cc3c4c5c(cccc5n(-c5nc6ccc7ccccc7c6nc5-c5ccccc5)c4c21)c1cccc2c4ccccc4n3c12.c1ccc(-c2nc3c(ccc4ccccc43)nc2-n2c3cccc(-n4c5ccccc5c5ccccc54)c3c3ccc4oc5ccccc5c4c32)cc1. The minimum Gasteiger partial charge on any atom is -0.456 e. The molecule has 1 aliphatic carbocycles. The largest absolute Gasteiger partial charge is 0.456 e. The Hall–Kier alpha value is -14.3. The van der Waals surface area contributed by atoms with Crippen LogP contribution in [-0.4, -0.2) is 38.0 Å². The van der Waals surface area contributed by atoms with E-state index in [1.807, 2.05) is 18.2 Å². The monoisotopic (exact) mass is 1380 g/mol. The number of para-hydroxylation sites is 5. The maximum atomic E-state index is 6.54. The minimum absolute atomic E-state index is 0.280. The van der Waals surface area contributed by atoms with E-state index in [0.717, 1.165) is 133 Å². The molecule has 25 rings (SSSR count). The van der Waals surface area contributed by atoms with Crippen molar-refractivity contribution >= 4 is 169 Å². The quantitative estimate of drug-likeness (QED) is 0.160. The van der Waals surface area contributed by atoms with Crippen LogP contribution < -0.4 is 0 Å². The van der Waals surface area contributed by atoms with Gasteiger partial charge in [-0.05, 0) is 111 Å². The summed E-state index contributed by atoms with van der Waals surface area (Å²) in [6.07, 6.45) is 0. The van der Waals surface area contributed by atoms with E-state index in [9.17, 15) is 0 Å². The van der Waals surface area contributed by atoms with Crippen LogP contribution in [0.4, 0.5) is 0 Å². The molecule has 502 valence electrons. The molecule has 0 saturated heterocycles. The van der Waals surface area contributed by atoms with E-state index in [0.29, 0.717) is 0 Å². The van der Waals surface area contributed by atoms with Gasteiger partial charge < -0.3 is 13.4 Å². The van der Waals surface area contributed by atoms with E-state index in [1.165, 1.54) is 98.4 Å². The highest BCUT2D eigenvalue weighted by Crippen LogP contribution is 2.57. The maximum absolute atomic E-state index is 6.54. The molecule has 8 aromatic heterocycles. The van der Waals surface area contributed by atoms with Gasteiger partial charge in [-0.2, -0.15) is 0 Å². The van der Waals surface area contributed by atoms with Gasteiger partial charge in [0.2, 0.25) is 0 Å². The summed E-state index contributed by atoms with van der Waals surface area (Å²) in [5.41, 5.74) is 25.4. The molecule has 0 saturated carbocycles. The van der Waals surface area contributed by atoms with E-state index in [4.69, 9.17) is 24.4 Å². The molecule has 0 N–H and O–H groups in total. The van der Waals surface area contributed by atoms with Crippen LogP contribution in [0.1, 0.15) is 25.0 Å². The fraction of sp³-hybridized carbons (Fsp3) is 0.0303. The van der Waals surface area contributed by atoms with Crippen molar-refractivity contribution in [3.05, 3.63) is 339 Å². The summed E-state index contributed by atoms with van der Waals surface area (Å²) in [7, 11) is 0. The summed E-state index contributed by atoms with van der Waals surface area (Å²) in [6, 6.07) is 117. The summed E-state index contributed by atoms with van der Waals surface area (Å²) < 4.78 is 16.3. The Morgan fingerprint density at radius 2 is 0.778 bits per heavy atom. The van der Waals surface area contributed by atoms with E-state index in [-0.39, 0.29) is 5.41 Å². The molecule has 16 aromatic carbocycles. The second-order valence-corrected chi connectivity index (χ2v) is 29.4. The molecule has 8 heterocycles. The summed E-state index contributed by atoms with van der Waals surface area (Å²) in [5, 5.41) is 18.9. The van der Waals surface area contributed by atoms with Crippen molar-refractivity contribution in [2.45, 2.75) is 19.3 Å². The number of fused-ring (bicyclic) bond motifs is 25. The lowest BCUT2D eigenvalue weighted by Crippen LogP contribution is -2.17. The van der Waals surface area contributed by atoms with E-state index in [2.05, 4.69) is 341 Å². The Balaban J connectivity index is 0.000000127. The number of aromatic nitrogens is 8. The molecule has 108 heavy (non-hydrogen) atoms. The van der Waals surface area contributed by atoms with Gasteiger partial charge in [0.15, 0.2) is 11.6 Å². The van der Waals surface area contributed by atoms with Gasteiger partial charge in [0.25, 0.3) is 0 Å². The summed E-state index contributed by atoms with van der Waals surface area (Å²) in [4.78, 5) is 22.4. The van der Waals surface area contributed by atoms with Crippen LogP contribution in [0.5, 0.6) is 0 Å². The first-order valence-electron chi connectivity index (χ1n) is 37.0. The predicted molar refractivity (Wildman–Crippen MR) is 447 cm³/mol. The third-order valence-electron chi connectivity index (χ3n) is 23.5. The van der Waals surface area contributed by atoms with Crippen molar-refractivity contribution in [2.24, 2.45) is 0 Å². The third-order valence-corrected chi connectivity index (χ3v) is 23.5. The molecular weight excluding hydrogens is 1320 g/mol. The lowest BCUT2D eigenvalue weighted by molar-refractivity contribution is 0.664. The molecular formula is C99H60N8O. The lowest BCUT2D eigenvalue weighted by Gasteiger charge is -2.24. The Morgan fingerprint density at radius 3 is 1.44 bits per heavy atom. The van der Waals surface area contributed by atoms with Gasteiger partial charge in [-0.25, -0.2) is 19.9 Å². The zero-order valence-electron chi connectivity index (χ0n) is 58.7. The first-order valence-corrected chi connectivity index (χ1v) is 37.0. The topological polar surface area (TPSA) is 83.9 Å². The van der Waals surface area contributed by atoms with Crippen LogP contribution in [0, 0.1) is 0 Å². The average molecular weight is 1380 g/mol. The molecule has 0 radical (unpaired) electrons. The van der Waals surface area contributed by atoms with Gasteiger partial charge in [-0.15, -0.1) is 0 Å². The molecule has 0 fully saturated rings. The summed E-state index contributed by atoms with van der Waals surface area (Å²) in [6.45, 7) is 4.79. The van der Waals surface area contributed by atoms with Gasteiger partial charge in [0, 0.05) is 81.2 Å². The summed E-state index contributed by atoms with van der Waals surface area (Å²) in [5.74, 6) is 1.62. The fourth-order valence-electron chi connectivity index (χ4n) is 19.0. The van der Waals surface area contributed by atoms with Crippen LogP contribution in [0.15, 0.2) is 332 Å². The standard InChI is InChI=1S/C51H32N4.C48H28N4O/c1-51(2)38-23-10-8-18-32(38)37-28-42-44-43-34(36-22-12-21-35-33-19-9-11-24-40(33)54(42)48(35)36)20-13-25-41(43)55(49(44)45(37)51)50-46(30-15-4-3-5-16-30)53-47-31-17-7-6-14-29(31)26-27-39(47)52-50;1-2-14-30(15-3-1)45-48(49-36-27-25-29-13-4-5-16-31(29)46(36)50-45)52-40-23-12-22-39(51-37-20-9-6-17-32(37)33-18-7-10-21-38(33)51)43(40)35-26-28-42-44(47(35)52)34-19-8-11-24-41(34)53-42/h3-28H,1-2H3;1-28H. The van der Waals surface area contributed by atoms with Crippen LogP contribution >= 0.6 is 0 Å². The van der Waals surface area contributed by atoms with E-state index < -0.39 is 0 Å². The molecule has 0 atom stereocenters. The highest BCUT2D eigenvalue weighted by molar-refractivity contribution is 6.33. The lowest BCUT2D eigenvalue weighted by atomic mass is 9.81. The zero-order chi connectivity index (χ0) is 70.8. The average Bonchev–Trinajstić information content (AvgIpc) is 1.51. The number of hydrogen-bond acceptors (Lipinski definition) is 5. The van der Waals surface area contributed by atoms with E-state index in [1.54, 1.807) is 0 Å². The Morgan fingerprint density at radius 1 is 0.287 bits per heavy atom. The molecule has 9 nitrogen and oxygen atoms in total. The molecule has 0 bridgehead atoms. The maximum Gasteiger partial charge on any atom is 0.165 e. The van der Waals surface area contributed by atoms with Crippen LogP contribution in [0.2, 0.25) is 0 Å². The fourth-order valence-corrected chi connectivity index (χ4v) is 19.0. The summed E-state index contributed by atoms with van der Waals surface area (Å²) >= 11 is 0. The zero-order valence-corrected chi connectivity index (χ0v) is 58.7. The van der Waals surface area contributed by atoms with Crippen molar-refractivity contribution in [2.75, 3.05) is 0 Å². The number of hydrogen-bond donors (Lipinski definition) is 0. The van der Waals surface area contributed by atoms with Crippen molar-refractivity contribution in [3.8, 4) is 51.0 Å². The van der Waals surface area contributed by atoms with Gasteiger partial charge >= 0.3 is 0 Å². The number of rotatable bonds is 5. The molecule has 1 aliphatic rings. The highest BCUT2D eigenvalue weighted by Gasteiger charge is 2.41. The molecule has 0 amide bonds. The second kappa shape index (κ2) is 21.9. The molecule has 0 unspecified atom stereocenters. The molecule has 0 spiro atoms. The number of furan rings is 1. The van der Waals surface area contributed by atoms with Crippen LogP contribution in [-0.2, 0) is 5.41 Å². The molecule has 24 aromatic rings. The number of benzene rings is 16. The van der Waals surface area contributed by atoms with Crippen molar-refractivity contribution in [3.63, 3.8) is 0 Å². The van der Waals surface area contributed by atoms with Crippen LogP contribution in [0.3, 0.4) is 0 Å². The molecule has 0 aliphatic heterocycles. The second-order valence-electron chi connectivity index (χ2n) is 29.4. The van der Waals surface area contributed by atoms with Gasteiger partial charge in [-0.3, -0.25) is 9.13 Å². The first-order chi connectivity index (χ1) is 53.4. The van der Waals surface area contributed by atoms with Crippen molar-refractivity contribution in [1.29, 1.82) is 0 Å². The predicted octanol–water partition coefficient (Wildman–Crippen LogP) is 25.5. The first kappa shape index (κ1) is 59.1. The van der Waals surface area contributed by atoms with E-state index >= 15 is 0 Å². The van der Waals surface area contributed by atoms with Gasteiger partial charge in [0.1, 0.15) is 22.6 Å². The normalized spacial score (nSPS) is 13.0. The van der Waals surface area contributed by atoms with Gasteiger partial charge in [0.05, 0.1) is 82.8 Å². The Bertz CT molecular complexity index is 7980. The number of nitrogens with zero attached hydrogens (tertiary/aromatic N) is 8. The molecule has 9 heteroatoms. The third kappa shape index (κ3) is 7.97. The van der Waals surface area contributed by atoms with Crippen molar-refractivity contribution < 1.29 is 4.42 Å². The van der Waals surface area contributed by atoms with Crippen LogP contribution in [0.25, 0.3) is 220 Å². The Kier molecular flexibility index (Phi) is 12.0.